The van der Waals surface area contributed by atoms with Crippen molar-refractivity contribution in [2.24, 2.45) is 0 Å². The largest absolute Gasteiger partial charge is 0.393 e. The molecular formula is C27H30O3. The average Bonchev–Trinajstić information content (AvgIpc) is 2.77. The third-order valence-electron chi connectivity index (χ3n) is 5.33. The number of aryl methyl sites for hydroxylation is 2. The second-order valence-electron chi connectivity index (χ2n) is 7.78. The predicted octanol–water partition coefficient (Wildman–Crippen LogP) is 6.43. The average molecular weight is 403 g/mol. The first-order valence-electron chi connectivity index (χ1n) is 11.0. The SMILES string of the molecule is O=C(CCCCCc1ccccc1)OC(=O)CCCCc1ccc2ccccc2c1. The van der Waals surface area contributed by atoms with Crippen LogP contribution in [-0.4, -0.2) is 11.9 Å². The molecule has 0 fully saturated rings. The summed E-state index contributed by atoms with van der Waals surface area (Å²) in [6, 6.07) is 25.1. The van der Waals surface area contributed by atoms with E-state index in [4.69, 9.17) is 4.74 Å². The Hall–Kier alpha value is -2.94. The van der Waals surface area contributed by atoms with E-state index in [9.17, 15) is 9.59 Å². The first-order valence-corrected chi connectivity index (χ1v) is 11.0. The van der Waals surface area contributed by atoms with Crippen LogP contribution in [0.25, 0.3) is 10.8 Å². The van der Waals surface area contributed by atoms with Crippen molar-refractivity contribution in [3.05, 3.63) is 83.9 Å². The number of esters is 2. The van der Waals surface area contributed by atoms with E-state index in [0.29, 0.717) is 12.8 Å². The number of hydrogen-bond donors (Lipinski definition) is 0. The van der Waals surface area contributed by atoms with Gasteiger partial charge in [0.1, 0.15) is 0 Å². The van der Waals surface area contributed by atoms with E-state index in [2.05, 4.69) is 42.5 Å². The number of hydrogen-bond acceptors (Lipinski definition) is 3. The summed E-state index contributed by atoms with van der Waals surface area (Å²) >= 11 is 0. The maximum Gasteiger partial charge on any atom is 0.313 e. The smallest absolute Gasteiger partial charge is 0.313 e. The Morgan fingerprint density at radius 1 is 0.567 bits per heavy atom. The highest BCUT2D eigenvalue weighted by atomic mass is 16.6. The number of benzene rings is 3. The van der Waals surface area contributed by atoms with Crippen molar-refractivity contribution in [3.63, 3.8) is 0 Å². The summed E-state index contributed by atoms with van der Waals surface area (Å²) in [5.74, 6) is -0.794. The molecule has 30 heavy (non-hydrogen) atoms. The Balaban J connectivity index is 1.24. The minimum atomic E-state index is -0.400. The van der Waals surface area contributed by atoms with Gasteiger partial charge in [0.15, 0.2) is 0 Å². The molecule has 0 saturated carbocycles. The minimum absolute atomic E-state index is 0.299. The molecule has 0 aliphatic rings. The van der Waals surface area contributed by atoms with Crippen LogP contribution in [0.3, 0.4) is 0 Å². The molecule has 3 rings (SSSR count). The van der Waals surface area contributed by atoms with E-state index in [1.807, 2.05) is 30.3 Å². The molecule has 156 valence electrons. The standard InChI is InChI=1S/C27H30O3/c28-26(17-6-2-5-13-22-11-3-1-4-12-22)30-27(29)18-10-7-14-23-19-20-24-15-8-9-16-25(24)21-23/h1,3-4,8-9,11-12,15-16,19-21H,2,5-7,10,13-14,17-18H2. The van der Waals surface area contributed by atoms with Crippen LogP contribution in [0.4, 0.5) is 0 Å². The molecule has 0 unspecified atom stereocenters. The highest BCUT2D eigenvalue weighted by Gasteiger charge is 2.10. The molecule has 0 aliphatic heterocycles. The molecule has 3 heteroatoms. The van der Waals surface area contributed by atoms with Crippen molar-refractivity contribution < 1.29 is 14.3 Å². The summed E-state index contributed by atoms with van der Waals surface area (Å²) < 4.78 is 4.95. The van der Waals surface area contributed by atoms with Gasteiger partial charge < -0.3 is 4.74 Å². The predicted molar refractivity (Wildman–Crippen MR) is 121 cm³/mol. The molecule has 0 radical (unpaired) electrons. The van der Waals surface area contributed by atoms with Crippen molar-refractivity contribution in [3.8, 4) is 0 Å². The third-order valence-corrected chi connectivity index (χ3v) is 5.33. The van der Waals surface area contributed by atoms with Crippen molar-refractivity contribution in [2.45, 2.75) is 57.8 Å². The molecule has 3 aromatic carbocycles. The maximum absolute atomic E-state index is 11.9. The van der Waals surface area contributed by atoms with Crippen molar-refractivity contribution in [2.75, 3.05) is 0 Å². The van der Waals surface area contributed by atoms with Crippen molar-refractivity contribution >= 4 is 22.7 Å². The van der Waals surface area contributed by atoms with Crippen LogP contribution < -0.4 is 0 Å². The quantitative estimate of drug-likeness (QED) is 0.211. The fourth-order valence-corrected chi connectivity index (χ4v) is 3.64. The summed E-state index contributed by atoms with van der Waals surface area (Å²) in [7, 11) is 0. The summed E-state index contributed by atoms with van der Waals surface area (Å²) in [5.41, 5.74) is 2.59. The first kappa shape index (κ1) is 21.8. The van der Waals surface area contributed by atoms with Crippen LogP contribution in [0.5, 0.6) is 0 Å². The van der Waals surface area contributed by atoms with E-state index in [-0.39, 0.29) is 0 Å². The molecule has 0 N–H and O–H groups in total. The van der Waals surface area contributed by atoms with Gasteiger partial charge in [-0.1, -0.05) is 79.2 Å². The van der Waals surface area contributed by atoms with Crippen LogP contribution in [0.2, 0.25) is 0 Å². The van der Waals surface area contributed by atoms with E-state index in [1.54, 1.807) is 0 Å². The number of carbonyl (C=O) groups is 2. The van der Waals surface area contributed by atoms with E-state index < -0.39 is 11.9 Å². The van der Waals surface area contributed by atoms with Gasteiger partial charge in [-0.3, -0.25) is 9.59 Å². The highest BCUT2D eigenvalue weighted by molar-refractivity contribution is 5.85. The first-order chi connectivity index (χ1) is 14.7. The van der Waals surface area contributed by atoms with Gasteiger partial charge in [-0.2, -0.15) is 0 Å². The molecule has 3 aromatic rings. The number of rotatable bonds is 11. The van der Waals surface area contributed by atoms with Gasteiger partial charge in [0.25, 0.3) is 0 Å². The Morgan fingerprint density at radius 3 is 1.93 bits per heavy atom. The third kappa shape index (κ3) is 7.47. The molecule has 0 aliphatic carbocycles. The zero-order valence-electron chi connectivity index (χ0n) is 17.5. The number of carbonyl (C=O) groups excluding carboxylic acids is 2. The fourth-order valence-electron chi connectivity index (χ4n) is 3.64. The van der Waals surface area contributed by atoms with E-state index >= 15 is 0 Å². The Bertz CT molecular complexity index is 946. The lowest BCUT2D eigenvalue weighted by Crippen LogP contribution is -2.12. The second-order valence-corrected chi connectivity index (χ2v) is 7.78. The monoisotopic (exact) mass is 402 g/mol. The molecule has 0 atom stereocenters. The summed E-state index contributed by atoms with van der Waals surface area (Å²) in [6.07, 6.45) is 6.96. The van der Waals surface area contributed by atoms with E-state index in [0.717, 1.165) is 44.9 Å². The van der Waals surface area contributed by atoms with Gasteiger partial charge >= 0.3 is 11.9 Å². The van der Waals surface area contributed by atoms with Crippen molar-refractivity contribution in [1.82, 2.24) is 0 Å². The number of unbranched alkanes of at least 4 members (excludes halogenated alkanes) is 3. The van der Waals surface area contributed by atoms with Crippen LogP contribution in [0.1, 0.15) is 56.1 Å². The summed E-state index contributed by atoms with van der Waals surface area (Å²) in [6.45, 7) is 0. The zero-order chi connectivity index (χ0) is 21.0. The molecule has 0 saturated heterocycles. The Labute approximate surface area is 179 Å². The maximum atomic E-state index is 11.9. The molecule has 0 bridgehead atoms. The Kier molecular flexibility index (Phi) is 8.64. The van der Waals surface area contributed by atoms with Gasteiger partial charge in [-0.25, -0.2) is 0 Å². The van der Waals surface area contributed by atoms with Crippen LogP contribution >= 0.6 is 0 Å². The van der Waals surface area contributed by atoms with Crippen LogP contribution in [0, 0.1) is 0 Å². The highest BCUT2D eigenvalue weighted by Crippen LogP contribution is 2.17. The van der Waals surface area contributed by atoms with Crippen molar-refractivity contribution in [1.29, 1.82) is 0 Å². The lowest BCUT2D eigenvalue weighted by molar-refractivity contribution is -0.159. The van der Waals surface area contributed by atoms with Gasteiger partial charge in [0.05, 0.1) is 0 Å². The zero-order valence-corrected chi connectivity index (χ0v) is 17.5. The van der Waals surface area contributed by atoms with Gasteiger partial charge in [0.2, 0.25) is 0 Å². The van der Waals surface area contributed by atoms with E-state index in [1.165, 1.54) is 21.9 Å². The fraction of sp³-hybridized carbons (Fsp3) is 0.333. The minimum Gasteiger partial charge on any atom is -0.393 e. The molecule has 0 heterocycles. The lowest BCUT2D eigenvalue weighted by Gasteiger charge is -2.05. The molecule has 0 spiro atoms. The van der Waals surface area contributed by atoms with Gasteiger partial charge in [0, 0.05) is 12.8 Å². The van der Waals surface area contributed by atoms with Gasteiger partial charge in [-0.15, -0.1) is 0 Å². The van der Waals surface area contributed by atoms with Crippen LogP contribution in [0.15, 0.2) is 72.8 Å². The Morgan fingerprint density at radius 2 is 1.17 bits per heavy atom. The molecule has 3 nitrogen and oxygen atoms in total. The molecule has 0 amide bonds. The second kappa shape index (κ2) is 11.9. The summed E-state index contributed by atoms with van der Waals surface area (Å²) in [5, 5.41) is 2.48. The van der Waals surface area contributed by atoms with Crippen LogP contribution in [-0.2, 0) is 27.2 Å². The molecular weight excluding hydrogens is 372 g/mol. The number of ether oxygens (including phenoxy) is 1. The normalized spacial score (nSPS) is 10.8. The summed E-state index contributed by atoms with van der Waals surface area (Å²) in [4.78, 5) is 23.7. The lowest BCUT2D eigenvalue weighted by atomic mass is 10.0. The van der Waals surface area contributed by atoms with Gasteiger partial charge in [-0.05, 0) is 60.4 Å². The topological polar surface area (TPSA) is 43.4 Å². The number of fused-ring (bicyclic) bond motifs is 1. The molecule has 0 aromatic heterocycles.